The molecule has 1 aliphatic rings. The van der Waals surface area contributed by atoms with Gasteiger partial charge in [0, 0.05) is 30.2 Å². The second-order valence-electron chi connectivity index (χ2n) is 8.78. The van der Waals surface area contributed by atoms with E-state index in [1.165, 1.54) is 27.8 Å². The van der Waals surface area contributed by atoms with Crippen LogP contribution >= 0.6 is 23.1 Å². The number of anilines is 1. The fourth-order valence-corrected chi connectivity index (χ4v) is 7.61. The average Bonchev–Trinajstić information content (AvgIpc) is 3.56. The lowest BCUT2D eigenvalue weighted by Crippen LogP contribution is -2.37. The summed E-state index contributed by atoms with van der Waals surface area (Å²) in [6.07, 6.45) is 5.33. The second kappa shape index (κ2) is 12.0. The molecule has 4 rings (SSSR count). The molecule has 1 saturated heterocycles. The molecule has 36 heavy (non-hydrogen) atoms. The summed E-state index contributed by atoms with van der Waals surface area (Å²) < 4.78 is 34.7. The zero-order valence-electron chi connectivity index (χ0n) is 21.0. The summed E-state index contributed by atoms with van der Waals surface area (Å²) >= 11 is 3.12. The van der Waals surface area contributed by atoms with Crippen molar-refractivity contribution in [2.45, 2.75) is 55.4 Å². The third-order valence-electron chi connectivity index (χ3n) is 6.16. The van der Waals surface area contributed by atoms with Crippen molar-refractivity contribution < 1.29 is 17.9 Å². The Hall–Kier alpha value is -1.98. The van der Waals surface area contributed by atoms with Crippen molar-refractivity contribution in [2.75, 3.05) is 37.4 Å². The van der Waals surface area contributed by atoms with Gasteiger partial charge in [0.1, 0.15) is 0 Å². The summed E-state index contributed by atoms with van der Waals surface area (Å²) in [4.78, 5) is 21.5. The van der Waals surface area contributed by atoms with Gasteiger partial charge in [-0.25, -0.2) is 13.4 Å². The quantitative estimate of drug-likeness (QED) is 0.289. The highest BCUT2D eigenvalue weighted by molar-refractivity contribution is 7.98. The normalized spacial score (nSPS) is 16.2. The third-order valence-corrected chi connectivity index (χ3v) is 9.89. The molecule has 2 aromatic carbocycles. The Bertz CT molecular complexity index is 1280. The Morgan fingerprint density at radius 1 is 1.14 bits per heavy atom. The van der Waals surface area contributed by atoms with E-state index in [0.717, 1.165) is 40.8 Å². The molecule has 3 aromatic rings. The Kier molecular flexibility index (Phi) is 9.05. The lowest BCUT2D eigenvalue weighted by molar-refractivity contribution is 0.0917. The summed E-state index contributed by atoms with van der Waals surface area (Å²) in [6.45, 7) is 5.98. The number of benzene rings is 2. The SMILES string of the molecule is CCCN(CCC)S(=O)(=O)c1ccc(C(=O)N(CC2CCCO2)c2nc3c(SC)cccc3s2)cc1. The number of fused-ring (bicyclic) bond motifs is 1. The van der Waals surface area contributed by atoms with Gasteiger partial charge in [0.2, 0.25) is 10.0 Å². The number of sulfonamides is 1. The highest BCUT2D eigenvalue weighted by Crippen LogP contribution is 2.35. The molecule has 0 spiro atoms. The number of amides is 1. The minimum atomic E-state index is -3.61. The Morgan fingerprint density at radius 2 is 1.86 bits per heavy atom. The number of carbonyl (C=O) groups excluding carboxylic acids is 1. The van der Waals surface area contributed by atoms with Crippen molar-refractivity contribution in [1.82, 2.24) is 9.29 Å². The molecule has 0 radical (unpaired) electrons. The largest absolute Gasteiger partial charge is 0.376 e. The first kappa shape index (κ1) is 27.1. The molecule has 1 unspecified atom stereocenters. The molecule has 0 bridgehead atoms. The van der Waals surface area contributed by atoms with Crippen LogP contribution in [0.5, 0.6) is 0 Å². The monoisotopic (exact) mass is 547 g/mol. The van der Waals surface area contributed by atoms with Gasteiger partial charge in [-0.1, -0.05) is 31.3 Å². The maximum absolute atomic E-state index is 13.7. The van der Waals surface area contributed by atoms with E-state index in [9.17, 15) is 13.2 Å². The van der Waals surface area contributed by atoms with E-state index in [1.54, 1.807) is 28.8 Å². The number of hydrogen-bond acceptors (Lipinski definition) is 7. The average molecular weight is 548 g/mol. The number of ether oxygens (including phenoxy) is 1. The number of nitrogens with zero attached hydrogens (tertiary/aromatic N) is 3. The van der Waals surface area contributed by atoms with E-state index in [0.29, 0.717) is 36.9 Å². The smallest absolute Gasteiger partial charge is 0.260 e. The van der Waals surface area contributed by atoms with E-state index >= 15 is 0 Å². The highest BCUT2D eigenvalue weighted by atomic mass is 32.2. The van der Waals surface area contributed by atoms with Crippen LogP contribution in [0.1, 0.15) is 49.9 Å². The van der Waals surface area contributed by atoms with Gasteiger partial charge in [-0.3, -0.25) is 9.69 Å². The second-order valence-corrected chi connectivity index (χ2v) is 12.6. The van der Waals surface area contributed by atoms with Gasteiger partial charge in [-0.2, -0.15) is 4.31 Å². The molecule has 1 fully saturated rings. The molecular formula is C26H33N3O4S3. The molecule has 1 aliphatic heterocycles. The third kappa shape index (κ3) is 5.78. The van der Waals surface area contributed by atoms with E-state index in [2.05, 4.69) is 0 Å². The Morgan fingerprint density at radius 3 is 2.47 bits per heavy atom. The molecule has 7 nitrogen and oxygen atoms in total. The van der Waals surface area contributed by atoms with Crippen molar-refractivity contribution in [3.8, 4) is 0 Å². The number of carbonyl (C=O) groups is 1. The van der Waals surface area contributed by atoms with Gasteiger partial charge in [-0.15, -0.1) is 11.8 Å². The maximum atomic E-state index is 13.7. The predicted molar refractivity (Wildman–Crippen MR) is 148 cm³/mol. The fraction of sp³-hybridized carbons (Fsp3) is 0.462. The van der Waals surface area contributed by atoms with Crippen molar-refractivity contribution in [1.29, 1.82) is 0 Å². The van der Waals surface area contributed by atoms with Gasteiger partial charge in [-0.05, 0) is 68.3 Å². The van der Waals surface area contributed by atoms with Crippen molar-refractivity contribution >= 4 is 54.4 Å². The van der Waals surface area contributed by atoms with E-state index < -0.39 is 10.0 Å². The first-order valence-electron chi connectivity index (χ1n) is 12.4. The predicted octanol–water partition coefficient (Wildman–Crippen LogP) is 5.65. The van der Waals surface area contributed by atoms with Crippen LogP contribution in [0.3, 0.4) is 0 Å². The van der Waals surface area contributed by atoms with Crippen molar-refractivity contribution in [2.24, 2.45) is 0 Å². The van der Waals surface area contributed by atoms with Gasteiger partial charge in [0.15, 0.2) is 5.13 Å². The number of thiazole rings is 1. The molecule has 10 heteroatoms. The topological polar surface area (TPSA) is 79.8 Å². The molecule has 2 heterocycles. The van der Waals surface area contributed by atoms with E-state index in [1.807, 2.05) is 38.3 Å². The summed E-state index contributed by atoms with van der Waals surface area (Å²) in [5, 5.41) is 0.626. The van der Waals surface area contributed by atoms with Gasteiger partial charge in [0.25, 0.3) is 5.91 Å². The van der Waals surface area contributed by atoms with Crippen molar-refractivity contribution in [3.63, 3.8) is 0 Å². The minimum absolute atomic E-state index is 0.0442. The van der Waals surface area contributed by atoms with Crippen LogP contribution in [0.4, 0.5) is 5.13 Å². The summed E-state index contributed by atoms with van der Waals surface area (Å²) in [5.74, 6) is -0.210. The molecule has 0 aliphatic carbocycles. The first-order valence-corrected chi connectivity index (χ1v) is 15.8. The zero-order chi connectivity index (χ0) is 25.7. The Labute approximate surface area is 221 Å². The Balaban J connectivity index is 1.65. The lowest BCUT2D eigenvalue weighted by atomic mass is 10.2. The summed E-state index contributed by atoms with van der Waals surface area (Å²) in [6, 6.07) is 12.3. The fourth-order valence-electron chi connectivity index (χ4n) is 4.36. The van der Waals surface area contributed by atoms with E-state index in [4.69, 9.17) is 9.72 Å². The number of rotatable bonds is 11. The van der Waals surface area contributed by atoms with Crippen LogP contribution in [0, 0.1) is 0 Å². The number of hydrogen-bond donors (Lipinski definition) is 0. The molecule has 1 aromatic heterocycles. The van der Waals surface area contributed by atoms with Crippen LogP contribution in [-0.4, -0.2) is 62.2 Å². The zero-order valence-corrected chi connectivity index (χ0v) is 23.4. The maximum Gasteiger partial charge on any atom is 0.260 e. The lowest BCUT2D eigenvalue weighted by Gasteiger charge is -2.23. The minimum Gasteiger partial charge on any atom is -0.376 e. The highest BCUT2D eigenvalue weighted by Gasteiger charge is 2.28. The number of para-hydroxylation sites is 1. The summed E-state index contributed by atoms with van der Waals surface area (Å²) in [5.41, 5.74) is 1.32. The summed E-state index contributed by atoms with van der Waals surface area (Å²) in [7, 11) is -3.61. The van der Waals surface area contributed by atoms with Crippen LogP contribution in [-0.2, 0) is 14.8 Å². The molecule has 194 valence electrons. The van der Waals surface area contributed by atoms with Crippen molar-refractivity contribution in [3.05, 3.63) is 48.0 Å². The molecule has 1 atom stereocenters. The van der Waals surface area contributed by atoms with Crippen LogP contribution < -0.4 is 4.90 Å². The van der Waals surface area contributed by atoms with Gasteiger partial charge < -0.3 is 4.74 Å². The number of thioether (sulfide) groups is 1. The molecular weight excluding hydrogens is 515 g/mol. The standard InChI is InChI=1S/C26H33N3O4S3/c1-4-15-28(16-5-2)36(31,32)21-13-11-19(12-14-21)25(30)29(18-20-8-7-17-33-20)26-27-24-22(34-3)9-6-10-23(24)35-26/h6,9-14,20H,4-5,7-8,15-18H2,1-3H3. The van der Waals surface area contributed by atoms with Gasteiger partial charge >= 0.3 is 0 Å². The van der Waals surface area contributed by atoms with E-state index in [-0.39, 0.29) is 16.9 Å². The molecule has 1 amide bonds. The first-order chi connectivity index (χ1) is 17.4. The molecule has 0 N–H and O–H groups in total. The number of aromatic nitrogens is 1. The van der Waals surface area contributed by atoms with Crippen LogP contribution in [0.2, 0.25) is 0 Å². The van der Waals surface area contributed by atoms with Gasteiger partial charge in [0.05, 0.1) is 27.8 Å². The van der Waals surface area contributed by atoms with Crippen LogP contribution in [0.25, 0.3) is 10.2 Å². The van der Waals surface area contributed by atoms with Crippen LogP contribution in [0.15, 0.2) is 52.3 Å². The molecule has 0 saturated carbocycles.